The van der Waals surface area contributed by atoms with E-state index >= 15 is 0 Å². The zero-order valence-corrected chi connectivity index (χ0v) is 20.6. The molecule has 35 heavy (non-hydrogen) atoms. The Kier molecular flexibility index (Phi) is 7.25. The monoisotopic (exact) mass is 470 g/mol. The van der Waals surface area contributed by atoms with Crippen molar-refractivity contribution in [3.63, 3.8) is 0 Å². The van der Waals surface area contributed by atoms with Gasteiger partial charge in [-0.05, 0) is 56.5 Å². The molecular formula is C27H34N8. The number of pyridine rings is 1. The third kappa shape index (κ3) is 5.40. The molecule has 2 aromatic rings. The maximum Gasteiger partial charge on any atom is 0.151 e. The molecule has 8 heteroatoms. The van der Waals surface area contributed by atoms with Crippen molar-refractivity contribution in [2.45, 2.75) is 38.8 Å². The van der Waals surface area contributed by atoms with Crippen LogP contribution < -0.4 is 16.4 Å². The summed E-state index contributed by atoms with van der Waals surface area (Å²) in [5.74, 6) is 2.34. The largest absolute Gasteiger partial charge is 0.398 e. The highest BCUT2D eigenvalue weighted by atomic mass is 15.3. The first-order chi connectivity index (χ1) is 16.9. The average molecular weight is 471 g/mol. The van der Waals surface area contributed by atoms with E-state index in [0.29, 0.717) is 23.0 Å². The summed E-state index contributed by atoms with van der Waals surface area (Å²) in [5.41, 5.74) is 15.3. The van der Waals surface area contributed by atoms with Crippen LogP contribution in [0.3, 0.4) is 0 Å². The molecule has 2 aliphatic heterocycles. The number of nitriles is 1. The smallest absolute Gasteiger partial charge is 0.151 e. The Hall–Kier alpha value is -3.99. The first-order valence-corrected chi connectivity index (χ1v) is 12.1. The summed E-state index contributed by atoms with van der Waals surface area (Å²) in [4.78, 5) is 16.2. The highest BCUT2D eigenvalue weighted by Gasteiger charge is 2.28. The number of rotatable bonds is 5. The number of nitrogens with two attached hydrogens (primary N) is 2. The summed E-state index contributed by atoms with van der Waals surface area (Å²) in [6.07, 6.45) is 5.97. The van der Waals surface area contributed by atoms with Crippen LogP contribution in [0.4, 0.5) is 11.5 Å². The first-order valence-electron chi connectivity index (χ1n) is 12.1. The van der Waals surface area contributed by atoms with Crippen LogP contribution in [0.2, 0.25) is 0 Å². The molecule has 8 nitrogen and oxygen atoms in total. The minimum Gasteiger partial charge on any atom is -0.398 e. The van der Waals surface area contributed by atoms with Crippen molar-refractivity contribution in [3.8, 4) is 6.07 Å². The van der Waals surface area contributed by atoms with Crippen LogP contribution in [-0.2, 0) is 0 Å². The van der Waals surface area contributed by atoms with Gasteiger partial charge in [-0.3, -0.25) is 0 Å². The fourth-order valence-electron chi connectivity index (χ4n) is 4.85. The molecule has 0 bridgehead atoms. The number of anilines is 2. The molecule has 1 aromatic heterocycles. The molecule has 1 unspecified atom stereocenters. The van der Waals surface area contributed by atoms with Crippen LogP contribution in [0.15, 0.2) is 66.1 Å². The molecule has 0 radical (unpaired) electrons. The lowest BCUT2D eigenvalue weighted by molar-refractivity contribution is 0.294. The minimum atomic E-state index is 0.141. The Morgan fingerprint density at radius 2 is 2.00 bits per heavy atom. The predicted molar refractivity (Wildman–Crippen MR) is 142 cm³/mol. The van der Waals surface area contributed by atoms with E-state index in [4.69, 9.17) is 16.5 Å². The molecule has 0 spiro atoms. The van der Waals surface area contributed by atoms with E-state index in [1.54, 1.807) is 18.3 Å². The molecule has 2 atom stereocenters. The second-order valence-electron chi connectivity index (χ2n) is 9.27. The van der Waals surface area contributed by atoms with Gasteiger partial charge in [0.05, 0.1) is 17.3 Å². The average Bonchev–Trinajstić information content (AvgIpc) is 3.30. The Balaban J connectivity index is 1.64. The van der Waals surface area contributed by atoms with Gasteiger partial charge in [0.25, 0.3) is 0 Å². The molecule has 0 saturated carbocycles. The van der Waals surface area contributed by atoms with Gasteiger partial charge in [-0.25, -0.2) is 9.98 Å². The maximum atomic E-state index is 9.29. The number of likely N-dealkylation sites (tertiary alicyclic amines) is 1. The number of aromatic nitrogens is 1. The Morgan fingerprint density at radius 3 is 2.69 bits per heavy atom. The van der Waals surface area contributed by atoms with Crippen molar-refractivity contribution in [1.82, 2.24) is 14.8 Å². The van der Waals surface area contributed by atoms with E-state index in [2.05, 4.69) is 46.2 Å². The van der Waals surface area contributed by atoms with Crippen molar-refractivity contribution < 1.29 is 0 Å². The Morgan fingerprint density at radius 1 is 1.17 bits per heavy atom. The third-order valence-corrected chi connectivity index (χ3v) is 6.78. The molecule has 3 heterocycles. The number of nitrogens with zero attached hydrogens (tertiary/aromatic N) is 6. The van der Waals surface area contributed by atoms with Gasteiger partial charge >= 0.3 is 0 Å². The van der Waals surface area contributed by atoms with Crippen molar-refractivity contribution in [3.05, 3.63) is 72.2 Å². The SMILES string of the molecule is C=C(N=C(/C=C(\N)c1cccc(C#N)c1)N1CCN(c2ncccc2N)C[C@H]1C)N1CCCC1C. The van der Waals surface area contributed by atoms with Crippen LogP contribution in [0, 0.1) is 11.3 Å². The quantitative estimate of drug-likeness (QED) is 0.509. The van der Waals surface area contributed by atoms with E-state index in [1.807, 2.05) is 30.3 Å². The van der Waals surface area contributed by atoms with Gasteiger partial charge < -0.3 is 26.2 Å². The highest BCUT2D eigenvalue weighted by molar-refractivity contribution is 5.99. The zero-order valence-electron chi connectivity index (χ0n) is 20.6. The number of hydrogen-bond acceptors (Lipinski definition) is 7. The van der Waals surface area contributed by atoms with Gasteiger partial charge in [0.2, 0.25) is 0 Å². The fraction of sp³-hybridized carbons (Fsp3) is 0.370. The molecule has 2 fully saturated rings. The van der Waals surface area contributed by atoms with Gasteiger partial charge in [0.15, 0.2) is 5.82 Å². The van der Waals surface area contributed by atoms with E-state index in [0.717, 1.165) is 62.1 Å². The lowest BCUT2D eigenvalue weighted by Gasteiger charge is -2.42. The van der Waals surface area contributed by atoms with Gasteiger partial charge in [-0.1, -0.05) is 18.7 Å². The van der Waals surface area contributed by atoms with Gasteiger partial charge in [-0.15, -0.1) is 0 Å². The van der Waals surface area contributed by atoms with E-state index in [9.17, 15) is 5.26 Å². The van der Waals surface area contributed by atoms with Crippen molar-refractivity contribution in [2.75, 3.05) is 36.8 Å². The normalized spacial score (nSPS) is 21.2. The standard InChI is InChI=1S/C27H34N8/c1-19-7-6-12-34(19)21(3)32-26(16-25(30)23-9-4-8-22(15-23)17-28)35-14-13-33(18-20(35)2)27-24(29)10-5-11-31-27/h4-5,8-11,15-16,19-20H,3,6-7,12-14,18,29-30H2,1-2H3/b25-16-,32-26?/t19?,20-/m1/s1. The van der Waals surface area contributed by atoms with Crippen LogP contribution >= 0.6 is 0 Å². The zero-order chi connectivity index (χ0) is 24.9. The molecule has 1 aromatic carbocycles. The fourth-order valence-corrected chi connectivity index (χ4v) is 4.85. The Bertz CT molecular complexity index is 1180. The summed E-state index contributed by atoms with van der Waals surface area (Å²) in [5, 5.41) is 9.29. The number of aliphatic imine (C=N–C) groups is 1. The number of benzene rings is 1. The molecular weight excluding hydrogens is 436 g/mol. The number of piperazine rings is 1. The summed E-state index contributed by atoms with van der Waals surface area (Å²) >= 11 is 0. The lowest BCUT2D eigenvalue weighted by Crippen LogP contribution is -2.54. The van der Waals surface area contributed by atoms with E-state index < -0.39 is 0 Å². The predicted octanol–water partition coefficient (Wildman–Crippen LogP) is 3.40. The van der Waals surface area contributed by atoms with E-state index in [1.165, 1.54) is 0 Å². The molecule has 2 saturated heterocycles. The second-order valence-corrected chi connectivity index (χ2v) is 9.27. The third-order valence-electron chi connectivity index (χ3n) is 6.78. The first kappa shape index (κ1) is 24.1. The van der Waals surface area contributed by atoms with Gasteiger partial charge in [0, 0.05) is 56.2 Å². The van der Waals surface area contributed by atoms with Crippen LogP contribution in [0.1, 0.15) is 37.8 Å². The summed E-state index contributed by atoms with van der Waals surface area (Å²) in [6.45, 7) is 11.9. The molecule has 4 N–H and O–H groups in total. The number of nitrogen functional groups attached to an aromatic ring is 1. The molecule has 0 aliphatic carbocycles. The number of hydrogen-bond donors (Lipinski definition) is 2. The van der Waals surface area contributed by atoms with Gasteiger partial charge in [-0.2, -0.15) is 5.26 Å². The van der Waals surface area contributed by atoms with Crippen molar-refractivity contribution >= 4 is 23.0 Å². The van der Waals surface area contributed by atoms with Crippen LogP contribution in [0.5, 0.6) is 0 Å². The summed E-state index contributed by atoms with van der Waals surface area (Å²) in [6, 6.07) is 13.8. The Labute approximate surface area is 207 Å². The molecule has 4 rings (SSSR count). The summed E-state index contributed by atoms with van der Waals surface area (Å²) in [7, 11) is 0. The minimum absolute atomic E-state index is 0.141. The lowest BCUT2D eigenvalue weighted by atomic mass is 10.1. The van der Waals surface area contributed by atoms with E-state index in [-0.39, 0.29) is 6.04 Å². The van der Waals surface area contributed by atoms with Crippen molar-refractivity contribution in [1.29, 1.82) is 5.26 Å². The van der Waals surface area contributed by atoms with Crippen molar-refractivity contribution in [2.24, 2.45) is 10.7 Å². The van der Waals surface area contributed by atoms with Gasteiger partial charge in [0.1, 0.15) is 11.7 Å². The molecule has 0 amide bonds. The summed E-state index contributed by atoms with van der Waals surface area (Å²) < 4.78 is 0. The second kappa shape index (κ2) is 10.5. The van der Waals surface area contributed by atoms with Crippen LogP contribution in [0.25, 0.3) is 5.70 Å². The highest BCUT2D eigenvalue weighted by Crippen LogP contribution is 2.25. The molecule has 182 valence electrons. The van der Waals surface area contributed by atoms with Crippen LogP contribution in [-0.4, -0.2) is 58.9 Å². The topological polar surface area (TPSA) is 111 Å². The number of amidine groups is 1. The maximum absolute atomic E-state index is 9.29. The molecule has 2 aliphatic rings.